The summed E-state index contributed by atoms with van der Waals surface area (Å²) < 4.78 is 26.4. The molecule has 2 rings (SSSR count). The van der Waals surface area contributed by atoms with E-state index in [2.05, 4.69) is 15.0 Å². The maximum absolute atomic E-state index is 12.0. The number of nitrogens with one attached hydrogen (secondary N) is 2. The van der Waals surface area contributed by atoms with Crippen LogP contribution in [0.4, 0.5) is 5.82 Å². The lowest BCUT2D eigenvalue weighted by Gasteiger charge is -2.09. The average molecular weight is 302 g/mol. The van der Waals surface area contributed by atoms with Crippen molar-refractivity contribution in [3.05, 3.63) is 54.2 Å². The van der Waals surface area contributed by atoms with Gasteiger partial charge in [0.15, 0.2) is 0 Å². The van der Waals surface area contributed by atoms with Gasteiger partial charge in [0, 0.05) is 19.3 Å². The molecule has 6 nitrogen and oxygen atoms in total. The highest BCUT2D eigenvalue weighted by atomic mass is 32.2. The standard InChI is InChI=1S/C14H14N4O2S/c15-11-12-5-4-8-16-14(12)17-9-10-18-21(19,20)13-6-2-1-3-7-13/h1-8,18H,9-10H2,(H,16,17). The second-order valence-electron chi connectivity index (χ2n) is 4.15. The lowest BCUT2D eigenvalue weighted by atomic mass is 10.3. The molecule has 108 valence electrons. The molecule has 0 saturated heterocycles. The molecule has 0 atom stereocenters. The summed E-state index contributed by atoms with van der Waals surface area (Å²) >= 11 is 0. The number of pyridine rings is 1. The van der Waals surface area contributed by atoms with E-state index in [0.717, 1.165) is 0 Å². The Morgan fingerprint density at radius 3 is 2.57 bits per heavy atom. The van der Waals surface area contributed by atoms with Crippen LogP contribution in [-0.2, 0) is 10.0 Å². The first-order chi connectivity index (χ1) is 10.1. The van der Waals surface area contributed by atoms with Crippen LogP contribution >= 0.6 is 0 Å². The summed E-state index contributed by atoms with van der Waals surface area (Å²) in [6, 6.07) is 13.5. The third-order valence-electron chi connectivity index (χ3n) is 2.69. The molecule has 1 aromatic heterocycles. The highest BCUT2D eigenvalue weighted by Crippen LogP contribution is 2.09. The van der Waals surface area contributed by atoms with Crippen LogP contribution < -0.4 is 10.0 Å². The quantitative estimate of drug-likeness (QED) is 0.785. The molecule has 0 aliphatic heterocycles. The number of sulfonamides is 1. The van der Waals surface area contributed by atoms with Crippen molar-refractivity contribution in [2.75, 3.05) is 18.4 Å². The monoisotopic (exact) mass is 302 g/mol. The Morgan fingerprint density at radius 1 is 1.10 bits per heavy atom. The molecular weight excluding hydrogens is 288 g/mol. The molecule has 7 heteroatoms. The van der Waals surface area contributed by atoms with Crippen molar-refractivity contribution in [1.82, 2.24) is 9.71 Å². The van der Waals surface area contributed by atoms with E-state index in [4.69, 9.17) is 5.26 Å². The minimum atomic E-state index is -3.51. The van der Waals surface area contributed by atoms with E-state index in [0.29, 0.717) is 17.9 Å². The molecule has 0 saturated carbocycles. The molecule has 0 radical (unpaired) electrons. The molecule has 0 amide bonds. The van der Waals surface area contributed by atoms with Gasteiger partial charge >= 0.3 is 0 Å². The van der Waals surface area contributed by atoms with Crippen molar-refractivity contribution in [2.45, 2.75) is 4.90 Å². The molecule has 1 heterocycles. The lowest BCUT2D eigenvalue weighted by molar-refractivity contribution is 0.583. The number of anilines is 1. The van der Waals surface area contributed by atoms with Crippen LogP contribution in [0.1, 0.15) is 5.56 Å². The van der Waals surface area contributed by atoms with E-state index < -0.39 is 10.0 Å². The molecule has 21 heavy (non-hydrogen) atoms. The Morgan fingerprint density at radius 2 is 1.86 bits per heavy atom. The van der Waals surface area contributed by atoms with Gasteiger partial charge in [-0.05, 0) is 24.3 Å². The normalized spacial score (nSPS) is 10.8. The van der Waals surface area contributed by atoms with E-state index in [-0.39, 0.29) is 11.4 Å². The van der Waals surface area contributed by atoms with Crippen LogP contribution in [0.25, 0.3) is 0 Å². The van der Waals surface area contributed by atoms with Crippen LogP contribution in [0.2, 0.25) is 0 Å². The fourth-order valence-electron chi connectivity index (χ4n) is 1.69. The number of nitriles is 1. The Labute approximate surface area is 123 Å². The smallest absolute Gasteiger partial charge is 0.240 e. The molecule has 0 aliphatic carbocycles. The van der Waals surface area contributed by atoms with Crippen LogP contribution in [0.3, 0.4) is 0 Å². The van der Waals surface area contributed by atoms with Gasteiger partial charge in [0.05, 0.1) is 10.5 Å². The number of hydrogen-bond donors (Lipinski definition) is 2. The van der Waals surface area contributed by atoms with Gasteiger partial charge in [0.25, 0.3) is 0 Å². The molecular formula is C14H14N4O2S. The zero-order valence-electron chi connectivity index (χ0n) is 11.2. The molecule has 2 aromatic rings. The molecule has 0 unspecified atom stereocenters. The van der Waals surface area contributed by atoms with E-state index in [1.807, 2.05) is 6.07 Å². The third-order valence-corrected chi connectivity index (χ3v) is 4.17. The molecule has 0 bridgehead atoms. The van der Waals surface area contributed by atoms with Crippen LogP contribution in [-0.4, -0.2) is 26.5 Å². The van der Waals surface area contributed by atoms with Gasteiger partial charge < -0.3 is 5.32 Å². The second-order valence-corrected chi connectivity index (χ2v) is 5.92. The van der Waals surface area contributed by atoms with Gasteiger partial charge in [-0.1, -0.05) is 18.2 Å². The highest BCUT2D eigenvalue weighted by molar-refractivity contribution is 7.89. The summed E-state index contributed by atoms with van der Waals surface area (Å²) in [4.78, 5) is 4.25. The van der Waals surface area contributed by atoms with E-state index >= 15 is 0 Å². The summed E-state index contributed by atoms with van der Waals surface area (Å²) in [6.07, 6.45) is 1.57. The van der Waals surface area contributed by atoms with Crippen molar-refractivity contribution < 1.29 is 8.42 Å². The molecule has 0 aliphatic rings. The molecule has 0 spiro atoms. The van der Waals surface area contributed by atoms with Crippen molar-refractivity contribution in [3.63, 3.8) is 0 Å². The van der Waals surface area contributed by atoms with Crippen LogP contribution in [0.5, 0.6) is 0 Å². The summed E-state index contributed by atoms with van der Waals surface area (Å²) in [6.45, 7) is 0.524. The SMILES string of the molecule is N#Cc1cccnc1NCCNS(=O)(=O)c1ccccc1. The first kappa shape index (κ1) is 15.0. The van der Waals surface area contributed by atoms with Gasteiger partial charge in [0.1, 0.15) is 11.9 Å². The fourth-order valence-corrected chi connectivity index (χ4v) is 2.74. The summed E-state index contributed by atoms with van der Waals surface area (Å²) in [5, 5.41) is 11.8. The first-order valence-corrected chi connectivity index (χ1v) is 7.75. The zero-order chi connectivity index (χ0) is 15.1. The number of nitrogens with zero attached hydrogens (tertiary/aromatic N) is 2. The topological polar surface area (TPSA) is 94.9 Å². The first-order valence-electron chi connectivity index (χ1n) is 6.27. The maximum atomic E-state index is 12.0. The Bertz CT molecular complexity index is 739. The summed E-state index contributed by atoms with van der Waals surface area (Å²) in [7, 11) is -3.51. The Hall–Kier alpha value is -2.43. The number of rotatable bonds is 6. The predicted molar refractivity (Wildman–Crippen MR) is 79.1 cm³/mol. The van der Waals surface area contributed by atoms with Gasteiger partial charge in [-0.2, -0.15) is 5.26 Å². The minimum absolute atomic E-state index is 0.193. The van der Waals surface area contributed by atoms with E-state index in [1.54, 1.807) is 36.5 Å². The Balaban J connectivity index is 1.89. The van der Waals surface area contributed by atoms with Gasteiger partial charge in [-0.3, -0.25) is 0 Å². The van der Waals surface area contributed by atoms with Crippen LogP contribution in [0.15, 0.2) is 53.6 Å². The Kier molecular flexibility index (Phi) is 4.87. The lowest BCUT2D eigenvalue weighted by Crippen LogP contribution is -2.29. The second kappa shape index (κ2) is 6.83. The number of hydrogen-bond acceptors (Lipinski definition) is 5. The van der Waals surface area contributed by atoms with E-state index in [9.17, 15) is 8.42 Å². The highest BCUT2D eigenvalue weighted by Gasteiger charge is 2.12. The number of aromatic nitrogens is 1. The average Bonchev–Trinajstić information content (AvgIpc) is 2.53. The van der Waals surface area contributed by atoms with Gasteiger partial charge in [-0.15, -0.1) is 0 Å². The van der Waals surface area contributed by atoms with Gasteiger partial charge in [0.2, 0.25) is 10.0 Å². The number of benzene rings is 1. The zero-order valence-corrected chi connectivity index (χ0v) is 12.0. The van der Waals surface area contributed by atoms with Crippen molar-refractivity contribution in [3.8, 4) is 6.07 Å². The predicted octanol–water partition coefficient (Wildman–Crippen LogP) is 1.34. The van der Waals surface area contributed by atoms with Gasteiger partial charge in [-0.25, -0.2) is 18.1 Å². The van der Waals surface area contributed by atoms with Crippen molar-refractivity contribution in [2.24, 2.45) is 0 Å². The summed E-state index contributed by atoms with van der Waals surface area (Å²) in [5.41, 5.74) is 0.420. The summed E-state index contributed by atoms with van der Waals surface area (Å²) in [5.74, 6) is 0.443. The van der Waals surface area contributed by atoms with E-state index in [1.165, 1.54) is 12.1 Å². The molecule has 0 fully saturated rings. The minimum Gasteiger partial charge on any atom is -0.368 e. The molecule has 2 N–H and O–H groups in total. The van der Waals surface area contributed by atoms with Crippen molar-refractivity contribution in [1.29, 1.82) is 5.26 Å². The third kappa shape index (κ3) is 4.02. The fraction of sp³-hybridized carbons (Fsp3) is 0.143. The van der Waals surface area contributed by atoms with Crippen LogP contribution in [0, 0.1) is 11.3 Å². The largest absolute Gasteiger partial charge is 0.368 e. The van der Waals surface area contributed by atoms with Crippen molar-refractivity contribution >= 4 is 15.8 Å². The molecule has 1 aromatic carbocycles. The maximum Gasteiger partial charge on any atom is 0.240 e.